The molecule has 0 unspecified atom stereocenters. The highest BCUT2D eigenvalue weighted by atomic mass is 35.5. The Labute approximate surface area is 209 Å². The fraction of sp³-hybridized carbons (Fsp3) is 0.179. The molecule has 3 amide bonds. The lowest BCUT2D eigenvalue weighted by Crippen LogP contribution is -2.33. The molecule has 0 aliphatic carbocycles. The molecule has 1 heterocycles. The van der Waals surface area contributed by atoms with Gasteiger partial charge in [0.15, 0.2) is 0 Å². The summed E-state index contributed by atoms with van der Waals surface area (Å²) < 4.78 is 0. The zero-order valence-electron chi connectivity index (χ0n) is 19.8. The van der Waals surface area contributed by atoms with Crippen molar-refractivity contribution in [1.82, 2.24) is 0 Å². The van der Waals surface area contributed by atoms with Crippen LogP contribution in [-0.2, 0) is 16.0 Å². The summed E-state index contributed by atoms with van der Waals surface area (Å²) in [5.74, 6) is -1.06. The van der Waals surface area contributed by atoms with Crippen LogP contribution in [0.1, 0.15) is 48.2 Å². The zero-order valence-corrected chi connectivity index (χ0v) is 20.5. The molecule has 0 aromatic heterocycles. The van der Waals surface area contributed by atoms with Gasteiger partial charge < -0.3 is 10.6 Å². The maximum absolute atomic E-state index is 13.1. The molecule has 3 aromatic rings. The Morgan fingerprint density at radius 3 is 2.26 bits per heavy atom. The number of nitrogens with zero attached hydrogens (tertiary/aromatic N) is 1. The highest BCUT2D eigenvalue weighted by molar-refractivity contribution is 6.53. The van der Waals surface area contributed by atoms with Gasteiger partial charge in [0.1, 0.15) is 10.7 Å². The molecule has 0 radical (unpaired) electrons. The molecule has 4 rings (SSSR count). The van der Waals surface area contributed by atoms with E-state index >= 15 is 0 Å². The molecule has 0 spiro atoms. The Hall–Kier alpha value is -3.90. The maximum atomic E-state index is 13.1. The Morgan fingerprint density at radius 1 is 0.914 bits per heavy atom. The Balaban J connectivity index is 1.50. The van der Waals surface area contributed by atoms with Crippen molar-refractivity contribution in [2.45, 2.75) is 33.1 Å². The number of anilines is 3. The topological polar surface area (TPSA) is 78.5 Å². The number of hydrogen-bond acceptors (Lipinski definition) is 4. The highest BCUT2D eigenvalue weighted by Crippen LogP contribution is 2.32. The van der Waals surface area contributed by atoms with Gasteiger partial charge in [-0.1, -0.05) is 68.8 Å². The van der Waals surface area contributed by atoms with Crippen LogP contribution >= 0.6 is 11.6 Å². The van der Waals surface area contributed by atoms with E-state index < -0.39 is 11.8 Å². The van der Waals surface area contributed by atoms with E-state index in [4.69, 9.17) is 11.6 Å². The third-order valence-electron chi connectivity index (χ3n) is 5.89. The van der Waals surface area contributed by atoms with Gasteiger partial charge in [-0.2, -0.15) is 0 Å². The molecule has 7 heteroatoms. The van der Waals surface area contributed by atoms with Crippen LogP contribution < -0.4 is 15.5 Å². The van der Waals surface area contributed by atoms with Gasteiger partial charge >= 0.3 is 0 Å². The van der Waals surface area contributed by atoms with Crippen molar-refractivity contribution in [3.8, 4) is 0 Å². The summed E-state index contributed by atoms with van der Waals surface area (Å²) in [6.07, 6.45) is 0.665. The van der Waals surface area contributed by atoms with Crippen LogP contribution in [0, 0.1) is 0 Å². The number of nitrogens with one attached hydrogen (secondary N) is 2. The number of para-hydroxylation sites is 2. The first kappa shape index (κ1) is 24.2. The summed E-state index contributed by atoms with van der Waals surface area (Å²) in [5, 5.41) is 5.74. The third-order valence-corrected chi connectivity index (χ3v) is 6.24. The molecule has 0 bridgehead atoms. The van der Waals surface area contributed by atoms with Gasteiger partial charge in [0.05, 0.1) is 5.69 Å². The molecule has 6 nitrogen and oxygen atoms in total. The first-order valence-corrected chi connectivity index (χ1v) is 11.8. The van der Waals surface area contributed by atoms with E-state index in [2.05, 4.69) is 24.5 Å². The molecule has 1 aliphatic rings. The number of carbonyl (C=O) groups excluding carboxylic acids is 3. The Morgan fingerprint density at radius 2 is 1.57 bits per heavy atom. The van der Waals surface area contributed by atoms with Crippen molar-refractivity contribution in [3.05, 3.63) is 100 Å². The molecule has 0 atom stereocenters. The smallest absolute Gasteiger partial charge is 0.283 e. The second-order valence-electron chi connectivity index (χ2n) is 8.52. The predicted octanol–water partition coefficient (Wildman–Crippen LogP) is 6.06. The van der Waals surface area contributed by atoms with E-state index in [1.165, 1.54) is 0 Å². The first-order valence-electron chi connectivity index (χ1n) is 11.5. The fourth-order valence-electron chi connectivity index (χ4n) is 4.02. The zero-order chi connectivity index (χ0) is 25.1. The number of halogens is 1. The summed E-state index contributed by atoms with van der Waals surface area (Å²) in [5.41, 5.74) is 4.22. The van der Waals surface area contributed by atoms with E-state index in [1.807, 2.05) is 43.3 Å². The van der Waals surface area contributed by atoms with Crippen LogP contribution in [0.4, 0.5) is 17.1 Å². The number of imide groups is 1. The first-order chi connectivity index (χ1) is 16.8. The monoisotopic (exact) mass is 487 g/mol. The van der Waals surface area contributed by atoms with E-state index in [0.29, 0.717) is 23.4 Å². The van der Waals surface area contributed by atoms with Crippen LogP contribution in [0.15, 0.2) is 83.5 Å². The summed E-state index contributed by atoms with van der Waals surface area (Å²) in [4.78, 5) is 39.8. The van der Waals surface area contributed by atoms with Gasteiger partial charge in [0.25, 0.3) is 17.7 Å². The predicted molar refractivity (Wildman–Crippen MR) is 140 cm³/mol. The number of amides is 3. The van der Waals surface area contributed by atoms with Crippen LogP contribution in [0.5, 0.6) is 0 Å². The number of rotatable bonds is 7. The van der Waals surface area contributed by atoms with Crippen LogP contribution in [0.2, 0.25) is 0 Å². The molecule has 178 valence electrons. The number of hydrogen-bond donors (Lipinski definition) is 2. The summed E-state index contributed by atoms with van der Waals surface area (Å²) in [6, 6.07) is 21.6. The van der Waals surface area contributed by atoms with Gasteiger partial charge in [-0.15, -0.1) is 0 Å². The minimum atomic E-state index is -0.570. The molecular formula is C28H26ClN3O3. The molecular weight excluding hydrogens is 462 g/mol. The van der Waals surface area contributed by atoms with Crippen LogP contribution in [0.3, 0.4) is 0 Å². The molecule has 0 saturated carbocycles. The van der Waals surface area contributed by atoms with E-state index in [0.717, 1.165) is 21.7 Å². The maximum Gasteiger partial charge on any atom is 0.283 e. The normalized spacial score (nSPS) is 13.6. The second kappa shape index (κ2) is 10.2. The van der Waals surface area contributed by atoms with Gasteiger partial charge in [-0.3, -0.25) is 14.4 Å². The van der Waals surface area contributed by atoms with Gasteiger partial charge in [0, 0.05) is 16.9 Å². The average Bonchev–Trinajstić information content (AvgIpc) is 3.07. The lowest BCUT2D eigenvalue weighted by molar-refractivity contribution is -0.120. The minimum Gasteiger partial charge on any atom is -0.350 e. The van der Waals surface area contributed by atoms with E-state index in [-0.39, 0.29) is 22.6 Å². The second-order valence-corrected chi connectivity index (χ2v) is 8.89. The van der Waals surface area contributed by atoms with E-state index in [9.17, 15) is 14.4 Å². The number of benzene rings is 3. The van der Waals surface area contributed by atoms with Crippen molar-refractivity contribution in [2.75, 3.05) is 15.5 Å². The molecule has 1 aliphatic heterocycles. The SMILES string of the molecule is CCc1ccccc1N1C(=O)C(Cl)=C(Nc2ccc(C(=O)Nc3ccccc3C(C)C)cc2)C1=O. The van der Waals surface area contributed by atoms with Crippen molar-refractivity contribution in [1.29, 1.82) is 0 Å². The van der Waals surface area contributed by atoms with Gasteiger partial charge in [-0.25, -0.2) is 4.90 Å². The third kappa shape index (κ3) is 4.84. The molecule has 35 heavy (non-hydrogen) atoms. The molecule has 2 N–H and O–H groups in total. The number of carbonyl (C=O) groups is 3. The van der Waals surface area contributed by atoms with Crippen LogP contribution in [0.25, 0.3) is 0 Å². The molecule has 0 saturated heterocycles. The van der Waals surface area contributed by atoms with Crippen molar-refractivity contribution < 1.29 is 14.4 Å². The lowest BCUT2D eigenvalue weighted by Gasteiger charge is -2.18. The average molecular weight is 488 g/mol. The number of aryl methyl sites for hydroxylation is 1. The Bertz CT molecular complexity index is 1330. The van der Waals surface area contributed by atoms with Gasteiger partial charge in [-0.05, 0) is 59.9 Å². The van der Waals surface area contributed by atoms with Gasteiger partial charge in [0.2, 0.25) is 0 Å². The summed E-state index contributed by atoms with van der Waals surface area (Å²) in [7, 11) is 0. The van der Waals surface area contributed by atoms with E-state index in [1.54, 1.807) is 36.4 Å². The van der Waals surface area contributed by atoms with Crippen molar-refractivity contribution in [2.24, 2.45) is 0 Å². The summed E-state index contributed by atoms with van der Waals surface area (Å²) >= 11 is 6.27. The molecule has 3 aromatic carbocycles. The largest absolute Gasteiger partial charge is 0.350 e. The fourth-order valence-corrected chi connectivity index (χ4v) is 4.23. The minimum absolute atomic E-state index is 0.00522. The highest BCUT2D eigenvalue weighted by Gasteiger charge is 2.39. The molecule has 0 fully saturated rings. The van der Waals surface area contributed by atoms with Crippen molar-refractivity contribution >= 4 is 46.4 Å². The van der Waals surface area contributed by atoms with Crippen molar-refractivity contribution in [3.63, 3.8) is 0 Å². The lowest BCUT2D eigenvalue weighted by atomic mass is 10.0. The quantitative estimate of drug-likeness (QED) is 0.397. The summed E-state index contributed by atoms with van der Waals surface area (Å²) in [6.45, 7) is 6.10. The van der Waals surface area contributed by atoms with Crippen LogP contribution in [-0.4, -0.2) is 17.7 Å². The Kier molecular flexibility index (Phi) is 7.03. The standard InChI is InChI=1S/C28H26ClN3O3/c1-4-18-9-5-8-12-23(18)32-27(34)24(29)25(28(32)35)30-20-15-13-19(14-16-20)26(33)31-22-11-7-6-10-21(22)17(2)3/h5-17,30H,4H2,1-3H3,(H,31,33).